The second kappa shape index (κ2) is 10.7. The summed E-state index contributed by atoms with van der Waals surface area (Å²) in [7, 11) is -8.22. The van der Waals surface area contributed by atoms with Gasteiger partial charge in [0.05, 0.1) is 31.3 Å². The van der Waals surface area contributed by atoms with Crippen LogP contribution in [0.5, 0.6) is 0 Å². The third-order valence-electron chi connectivity index (χ3n) is 4.48. The topological polar surface area (TPSA) is 132 Å². The van der Waals surface area contributed by atoms with Crippen LogP contribution in [-0.2, 0) is 49.4 Å². The predicted octanol–water partition coefficient (Wildman–Crippen LogP) is 1.47. The van der Waals surface area contributed by atoms with E-state index in [0.29, 0.717) is 0 Å². The molecule has 0 spiro atoms. The molecule has 0 N–H and O–H groups in total. The summed E-state index contributed by atoms with van der Waals surface area (Å²) < 4.78 is 74.7. The first-order valence-corrected chi connectivity index (χ1v) is 13.4. The van der Waals surface area contributed by atoms with E-state index < -0.39 is 50.8 Å². The van der Waals surface area contributed by atoms with Crippen LogP contribution < -0.4 is 0 Å². The van der Waals surface area contributed by atoms with Crippen molar-refractivity contribution in [3.8, 4) is 0 Å². The molecule has 3 rings (SSSR count). The fourth-order valence-electron chi connectivity index (χ4n) is 3.14. The maximum Gasteiger partial charge on any atom is 0.338 e. The SMILES string of the molecule is CS(=O)(=O)O[C@@H]1[C@@H](OS(C)(=O)=O)[C@@H](OCc2ccccc2)OC[C@H]1OC(=O)c1ccccc1. The van der Waals surface area contributed by atoms with Gasteiger partial charge in [0.25, 0.3) is 20.2 Å². The molecular weight excluding hydrogens is 476 g/mol. The van der Waals surface area contributed by atoms with Gasteiger partial charge in [0, 0.05) is 0 Å². The molecule has 1 aliphatic rings. The van der Waals surface area contributed by atoms with E-state index in [2.05, 4.69) is 0 Å². The van der Waals surface area contributed by atoms with E-state index in [-0.39, 0.29) is 18.8 Å². The summed E-state index contributed by atoms with van der Waals surface area (Å²) in [6.07, 6.45) is -4.15. The van der Waals surface area contributed by atoms with Crippen LogP contribution in [0.15, 0.2) is 60.7 Å². The lowest BCUT2D eigenvalue weighted by atomic mass is 10.1. The predicted molar refractivity (Wildman–Crippen MR) is 116 cm³/mol. The Morgan fingerprint density at radius 3 is 2.00 bits per heavy atom. The summed E-state index contributed by atoms with van der Waals surface area (Å²) in [5.74, 6) is -0.770. The van der Waals surface area contributed by atoms with Crippen molar-refractivity contribution < 1.29 is 44.2 Å². The Kier molecular flexibility index (Phi) is 8.21. The quantitative estimate of drug-likeness (QED) is 0.368. The molecule has 0 aromatic heterocycles. The lowest BCUT2D eigenvalue weighted by Crippen LogP contribution is -2.58. The molecule has 0 amide bonds. The molecule has 0 saturated carbocycles. The smallest absolute Gasteiger partial charge is 0.338 e. The normalized spacial score (nSPS) is 23.7. The van der Waals surface area contributed by atoms with E-state index in [1.54, 1.807) is 42.5 Å². The summed E-state index contributed by atoms with van der Waals surface area (Å²) in [6, 6.07) is 16.9. The highest BCUT2D eigenvalue weighted by atomic mass is 32.2. The van der Waals surface area contributed by atoms with Gasteiger partial charge in [-0.2, -0.15) is 16.8 Å². The second-order valence-electron chi connectivity index (χ2n) is 7.34. The number of rotatable bonds is 9. The zero-order valence-electron chi connectivity index (χ0n) is 17.9. The van der Waals surface area contributed by atoms with Gasteiger partial charge in [-0.05, 0) is 17.7 Å². The summed E-state index contributed by atoms with van der Waals surface area (Å²) in [4.78, 5) is 12.5. The van der Waals surface area contributed by atoms with Crippen molar-refractivity contribution in [3.05, 3.63) is 71.8 Å². The van der Waals surface area contributed by atoms with Crippen molar-refractivity contribution in [3.63, 3.8) is 0 Å². The van der Waals surface area contributed by atoms with Gasteiger partial charge >= 0.3 is 5.97 Å². The Bertz CT molecular complexity index is 1130. The fraction of sp³-hybridized carbons (Fsp3) is 0.381. The molecule has 0 bridgehead atoms. The Balaban J connectivity index is 1.86. The zero-order valence-corrected chi connectivity index (χ0v) is 19.5. The van der Waals surface area contributed by atoms with E-state index in [1.165, 1.54) is 12.1 Å². The average molecular weight is 501 g/mol. The number of carbonyl (C=O) groups excluding carboxylic acids is 1. The maximum atomic E-state index is 12.5. The molecule has 0 radical (unpaired) electrons. The lowest BCUT2D eigenvalue weighted by Gasteiger charge is -2.39. The Morgan fingerprint density at radius 1 is 0.879 bits per heavy atom. The first-order valence-electron chi connectivity index (χ1n) is 9.81. The molecule has 12 heteroatoms. The lowest BCUT2D eigenvalue weighted by molar-refractivity contribution is -0.260. The molecular formula is C21H24O10S2. The number of carbonyl (C=O) groups is 1. The molecule has 1 fully saturated rings. The van der Waals surface area contributed by atoms with Gasteiger partial charge in [-0.15, -0.1) is 0 Å². The molecule has 2 aromatic carbocycles. The van der Waals surface area contributed by atoms with Crippen molar-refractivity contribution >= 4 is 26.2 Å². The van der Waals surface area contributed by atoms with Crippen LogP contribution in [0, 0.1) is 0 Å². The van der Waals surface area contributed by atoms with Gasteiger partial charge in [0.1, 0.15) is 6.10 Å². The molecule has 180 valence electrons. The molecule has 0 unspecified atom stereocenters. The summed E-state index contributed by atoms with van der Waals surface area (Å²) in [6.45, 7) is -0.295. The van der Waals surface area contributed by atoms with Crippen LogP contribution in [-0.4, -0.2) is 66.5 Å². The molecule has 4 atom stereocenters. The van der Waals surface area contributed by atoms with Gasteiger partial charge in [-0.3, -0.25) is 8.37 Å². The monoisotopic (exact) mass is 500 g/mol. The van der Waals surface area contributed by atoms with Crippen LogP contribution in [0.25, 0.3) is 0 Å². The minimum atomic E-state index is -4.11. The van der Waals surface area contributed by atoms with Gasteiger partial charge in [0.15, 0.2) is 18.5 Å². The third-order valence-corrected chi connectivity index (χ3v) is 5.62. The van der Waals surface area contributed by atoms with Crippen LogP contribution in [0.2, 0.25) is 0 Å². The molecule has 2 aromatic rings. The number of esters is 1. The fourth-order valence-corrected chi connectivity index (χ4v) is 4.38. The maximum absolute atomic E-state index is 12.5. The van der Waals surface area contributed by atoms with Crippen molar-refractivity contribution in [2.45, 2.75) is 31.2 Å². The van der Waals surface area contributed by atoms with Crippen LogP contribution in [0.1, 0.15) is 15.9 Å². The largest absolute Gasteiger partial charge is 0.453 e. The molecule has 1 aliphatic heterocycles. The average Bonchev–Trinajstić information content (AvgIpc) is 2.75. The minimum absolute atomic E-state index is 0.0230. The molecule has 0 aliphatic carbocycles. The number of benzene rings is 2. The number of hydrogen-bond acceptors (Lipinski definition) is 10. The van der Waals surface area contributed by atoms with Crippen LogP contribution in [0.3, 0.4) is 0 Å². The summed E-state index contributed by atoms with van der Waals surface area (Å²) in [5.41, 5.74) is 0.969. The van der Waals surface area contributed by atoms with E-state index in [0.717, 1.165) is 18.1 Å². The highest BCUT2D eigenvalue weighted by Gasteiger charge is 2.48. The van der Waals surface area contributed by atoms with Crippen molar-refractivity contribution in [1.29, 1.82) is 0 Å². The van der Waals surface area contributed by atoms with Crippen molar-refractivity contribution in [2.24, 2.45) is 0 Å². The minimum Gasteiger partial charge on any atom is -0.453 e. The number of ether oxygens (including phenoxy) is 3. The standard InChI is InChI=1S/C21H24O10S2/c1-32(23,24)30-18-17(29-20(22)16-11-7-4-8-12-16)14-28-21(19(18)31-33(2,25)26)27-13-15-9-5-3-6-10-15/h3-12,17-19,21H,13-14H2,1-2H3/t17-,18+,19-,21+/m1/s1. The third kappa shape index (κ3) is 7.88. The first kappa shape index (κ1) is 25.3. The van der Waals surface area contributed by atoms with Gasteiger partial charge in [0.2, 0.25) is 0 Å². The van der Waals surface area contributed by atoms with Crippen molar-refractivity contribution in [1.82, 2.24) is 0 Å². The Hall–Kier alpha value is -2.35. The highest BCUT2D eigenvalue weighted by molar-refractivity contribution is 7.86. The van der Waals surface area contributed by atoms with E-state index in [4.69, 9.17) is 22.6 Å². The Labute approximate surface area is 192 Å². The van der Waals surface area contributed by atoms with E-state index in [1.807, 2.05) is 6.07 Å². The Morgan fingerprint density at radius 2 is 1.42 bits per heavy atom. The van der Waals surface area contributed by atoms with Crippen LogP contribution >= 0.6 is 0 Å². The second-order valence-corrected chi connectivity index (χ2v) is 10.5. The molecule has 1 saturated heterocycles. The van der Waals surface area contributed by atoms with Gasteiger partial charge in [-0.1, -0.05) is 48.5 Å². The van der Waals surface area contributed by atoms with E-state index in [9.17, 15) is 21.6 Å². The molecule has 33 heavy (non-hydrogen) atoms. The summed E-state index contributed by atoms with van der Waals surface area (Å²) in [5, 5.41) is 0. The zero-order chi connectivity index (χ0) is 24.1. The first-order chi connectivity index (χ1) is 15.5. The van der Waals surface area contributed by atoms with Gasteiger partial charge < -0.3 is 14.2 Å². The van der Waals surface area contributed by atoms with Gasteiger partial charge in [-0.25, -0.2) is 4.79 Å². The van der Waals surface area contributed by atoms with E-state index >= 15 is 0 Å². The van der Waals surface area contributed by atoms with Crippen LogP contribution in [0.4, 0.5) is 0 Å². The molecule has 10 nitrogen and oxygen atoms in total. The summed E-state index contributed by atoms with van der Waals surface area (Å²) >= 11 is 0. The molecule has 1 heterocycles. The number of hydrogen-bond donors (Lipinski definition) is 0. The highest BCUT2D eigenvalue weighted by Crippen LogP contribution is 2.28. The van der Waals surface area contributed by atoms with Crippen molar-refractivity contribution in [2.75, 3.05) is 19.1 Å².